The number of hydrogen-bond donors (Lipinski definition) is 1. The van der Waals surface area contributed by atoms with Crippen molar-refractivity contribution in [3.05, 3.63) is 0 Å². The molecular weight excluding hydrogens is 182 g/mol. The van der Waals surface area contributed by atoms with Gasteiger partial charge in [-0.2, -0.15) is 0 Å². The molecule has 92 valence electrons. The van der Waals surface area contributed by atoms with E-state index < -0.39 is 0 Å². The van der Waals surface area contributed by atoms with Gasteiger partial charge >= 0.3 is 0 Å². The molecule has 0 rings (SSSR count). The number of rotatable bonds is 9. The fourth-order valence-electron chi connectivity index (χ4n) is 2.44. The predicted octanol–water partition coefficient (Wildman–Crippen LogP) is 4.23. The third-order valence-corrected chi connectivity index (χ3v) is 3.42. The number of hydrogen-bond acceptors (Lipinski definition) is 1. The van der Waals surface area contributed by atoms with Crippen LogP contribution in [0.15, 0.2) is 0 Å². The maximum atomic E-state index is 3.57. The summed E-state index contributed by atoms with van der Waals surface area (Å²) in [5, 5.41) is 3.57. The Labute approximate surface area is 97.0 Å². The molecule has 1 N–H and O–H groups in total. The van der Waals surface area contributed by atoms with E-state index in [2.05, 4.69) is 39.9 Å². The minimum atomic E-state index is 0.677. The molecule has 0 radical (unpaired) electrons. The summed E-state index contributed by atoms with van der Waals surface area (Å²) in [6.07, 6.45) is 6.96. The van der Waals surface area contributed by atoms with E-state index in [1.54, 1.807) is 0 Å². The van der Waals surface area contributed by atoms with Crippen LogP contribution in [0.25, 0.3) is 0 Å². The van der Waals surface area contributed by atoms with Crippen molar-refractivity contribution in [1.82, 2.24) is 5.32 Å². The molecule has 0 aliphatic rings. The van der Waals surface area contributed by atoms with Crippen LogP contribution in [0.1, 0.15) is 66.7 Å². The van der Waals surface area contributed by atoms with Crippen LogP contribution in [-0.2, 0) is 0 Å². The van der Waals surface area contributed by atoms with Gasteiger partial charge in [0.05, 0.1) is 0 Å². The quantitative estimate of drug-likeness (QED) is 0.565. The van der Waals surface area contributed by atoms with Crippen molar-refractivity contribution >= 4 is 0 Å². The summed E-state index contributed by atoms with van der Waals surface area (Å²) in [4.78, 5) is 0. The van der Waals surface area contributed by atoms with Crippen LogP contribution >= 0.6 is 0 Å². The van der Waals surface area contributed by atoms with Crippen molar-refractivity contribution in [1.29, 1.82) is 0 Å². The van der Waals surface area contributed by atoms with Crippen LogP contribution in [-0.4, -0.2) is 12.6 Å². The van der Waals surface area contributed by atoms with Gasteiger partial charge in [0.2, 0.25) is 0 Å². The molecule has 0 amide bonds. The molecule has 15 heavy (non-hydrogen) atoms. The third-order valence-electron chi connectivity index (χ3n) is 3.42. The number of nitrogens with one attached hydrogen (secondary N) is 1. The molecule has 0 saturated heterocycles. The molecule has 0 aromatic heterocycles. The van der Waals surface area contributed by atoms with Crippen LogP contribution < -0.4 is 5.32 Å². The molecule has 0 bridgehead atoms. The van der Waals surface area contributed by atoms with Gasteiger partial charge in [-0.1, -0.05) is 53.4 Å². The summed E-state index contributed by atoms with van der Waals surface area (Å²) in [7, 11) is 0. The van der Waals surface area contributed by atoms with E-state index in [1.807, 2.05) is 0 Å². The van der Waals surface area contributed by atoms with Gasteiger partial charge in [-0.15, -0.1) is 0 Å². The van der Waals surface area contributed by atoms with Crippen LogP contribution in [0.4, 0.5) is 0 Å². The van der Waals surface area contributed by atoms with Gasteiger partial charge in [-0.3, -0.25) is 0 Å². The molecule has 1 heteroatoms. The molecule has 0 saturated carbocycles. The first kappa shape index (κ1) is 15.0. The minimum absolute atomic E-state index is 0.677. The van der Waals surface area contributed by atoms with E-state index in [0.717, 1.165) is 18.4 Å². The second-order valence-electron chi connectivity index (χ2n) is 5.10. The lowest BCUT2D eigenvalue weighted by atomic mass is 9.84. The largest absolute Gasteiger partial charge is 0.314 e. The lowest BCUT2D eigenvalue weighted by molar-refractivity contribution is 0.268. The average Bonchev–Trinajstić information content (AvgIpc) is 2.17. The molecule has 0 aliphatic carbocycles. The lowest BCUT2D eigenvalue weighted by Crippen LogP contribution is -2.36. The monoisotopic (exact) mass is 213 g/mol. The van der Waals surface area contributed by atoms with E-state index in [1.165, 1.54) is 32.1 Å². The maximum absolute atomic E-state index is 3.57. The van der Waals surface area contributed by atoms with E-state index in [9.17, 15) is 0 Å². The normalized spacial score (nSPS) is 15.6. The fourth-order valence-corrected chi connectivity index (χ4v) is 2.44. The first-order chi connectivity index (χ1) is 7.13. The Kier molecular flexibility index (Phi) is 9.18. The molecule has 0 heterocycles. The van der Waals surface area contributed by atoms with E-state index in [-0.39, 0.29) is 0 Å². The van der Waals surface area contributed by atoms with Crippen molar-refractivity contribution in [2.24, 2.45) is 11.8 Å². The highest BCUT2D eigenvalue weighted by Crippen LogP contribution is 2.22. The molecule has 1 nitrogen and oxygen atoms in total. The summed E-state index contributed by atoms with van der Waals surface area (Å²) >= 11 is 0. The smallest absolute Gasteiger partial charge is 0.00693 e. The molecule has 0 aliphatic heterocycles. The molecule has 0 aromatic rings. The van der Waals surface area contributed by atoms with Crippen molar-refractivity contribution in [2.45, 2.75) is 72.8 Å². The van der Waals surface area contributed by atoms with Crippen molar-refractivity contribution in [3.63, 3.8) is 0 Å². The molecular formula is C14H31N. The van der Waals surface area contributed by atoms with Gasteiger partial charge in [0.25, 0.3) is 0 Å². The Morgan fingerprint density at radius 2 is 1.60 bits per heavy atom. The van der Waals surface area contributed by atoms with Gasteiger partial charge in [-0.05, 0) is 31.7 Å². The van der Waals surface area contributed by atoms with E-state index in [0.29, 0.717) is 6.04 Å². The second-order valence-corrected chi connectivity index (χ2v) is 5.10. The molecule has 2 unspecified atom stereocenters. The SMILES string of the molecule is CCCCCCC(C(C)C)C(C)NCC. The standard InChI is InChI=1S/C14H31N/c1-6-8-9-10-11-14(12(3)4)13(5)15-7-2/h12-15H,6-11H2,1-5H3. The minimum Gasteiger partial charge on any atom is -0.314 e. The first-order valence-corrected chi connectivity index (χ1v) is 6.86. The van der Waals surface area contributed by atoms with Crippen LogP contribution in [0.3, 0.4) is 0 Å². The highest BCUT2D eigenvalue weighted by Gasteiger charge is 2.19. The Morgan fingerprint density at radius 1 is 0.933 bits per heavy atom. The zero-order valence-corrected chi connectivity index (χ0v) is 11.5. The third kappa shape index (κ3) is 6.94. The van der Waals surface area contributed by atoms with E-state index in [4.69, 9.17) is 0 Å². The van der Waals surface area contributed by atoms with Gasteiger partial charge in [-0.25, -0.2) is 0 Å². The Morgan fingerprint density at radius 3 is 2.07 bits per heavy atom. The highest BCUT2D eigenvalue weighted by molar-refractivity contribution is 4.74. The predicted molar refractivity (Wildman–Crippen MR) is 70.2 cm³/mol. The fraction of sp³-hybridized carbons (Fsp3) is 1.00. The second kappa shape index (κ2) is 9.21. The van der Waals surface area contributed by atoms with Crippen molar-refractivity contribution in [3.8, 4) is 0 Å². The van der Waals surface area contributed by atoms with Gasteiger partial charge < -0.3 is 5.32 Å². The van der Waals surface area contributed by atoms with Crippen LogP contribution in [0, 0.1) is 11.8 Å². The molecule has 0 spiro atoms. The van der Waals surface area contributed by atoms with Crippen LogP contribution in [0.2, 0.25) is 0 Å². The summed E-state index contributed by atoms with van der Waals surface area (Å²) < 4.78 is 0. The average molecular weight is 213 g/mol. The Hall–Kier alpha value is -0.0400. The van der Waals surface area contributed by atoms with Crippen molar-refractivity contribution in [2.75, 3.05) is 6.54 Å². The van der Waals surface area contributed by atoms with Gasteiger partial charge in [0.15, 0.2) is 0 Å². The summed E-state index contributed by atoms with van der Waals surface area (Å²) in [6, 6.07) is 0.677. The lowest BCUT2D eigenvalue weighted by Gasteiger charge is -2.28. The maximum Gasteiger partial charge on any atom is 0.00693 e. The number of unbranched alkanes of at least 4 members (excludes halogenated alkanes) is 3. The molecule has 2 atom stereocenters. The van der Waals surface area contributed by atoms with Crippen molar-refractivity contribution < 1.29 is 0 Å². The first-order valence-electron chi connectivity index (χ1n) is 6.86. The Bertz CT molecular complexity index is 131. The zero-order chi connectivity index (χ0) is 11.7. The zero-order valence-electron chi connectivity index (χ0n) is 11.5. The van der Waals surface area contributed by atoms with E-state index >= 15 is 0 Å². The topological polar surface area (TPSA) is 12.0 Å². The molecule has 0 fully saturated rings. The van der Waals surface area contributed by atoms with Gasteiger partial charge in [0, 0.05) is 6.04 Å². The summed E-state index contributed by atoms with van der Waals surface area (Å²) in [6.45, 7) is 12.6. The van der Waals surface area contributed by atoms with Gasteiger partial charge in [0.1, 0.15) is 0 Å². The molecule has 0 aromatic carbocycles. The highest BCUT2D eigenvalue weighted by atomic mass is 14.9. The summed E-state index contributed by atoms with van der Waals surface area (Å²) in [5.41, 5.74) is 0. The van der Waals surface area contributed by atoms with Crippen LogP contribution in [0.5, 0.6) is 0 Å². The summed E-state index contributed by atoms with van der Waals surface area (Å²) in [5.74, 6) is 1.66. The Balaban J connectivity index is 3.82.